The summed E-state index contributed by atoms with van der Waals surface area (Å²) in [6, 6.07) is 20.7. The van der Waals surface area contributed by atoms with Crippen LogP contribution >= 0.6 is 0 Å². The quantitative estimate of drug-likeness (QED) is 0.168. The fourth-order valence-corrected chi connectivity index (χ4v) is 5.89. The molecule has 0 bridgehead atoms. The molecule has 3 aromatic carbocycles. The summed E-state index contributed by atoms with van der Waals surface area (Å²) in [6.07, 6.45) is -2.70. The molecule has 0 spiro atoms. The first kappa shape index (κ1) is 34.4. The van der Waals surface area contributed by atoms with Crippen molar-refractivity contribution in [1.29, 1.82) is 0 Å². The molecule has 5 rings (SSSR count). The molecule has 3 N–H and O–H groups in total. The number of nitrogens with one attached hydrogen (secondary N) is 3. The van der Waals surface area contributed by atoms with E-state index in [9.17, 15) is 27.6 Å². The molecular weight excluding hydrogens is 621 g/mol. The van der Waals surface area contributed by atoms with Crippen molar-refractivity contribution < 1.29 is 32.0 Å². The summed E-state index contributed by atoms with van der Waals surface area (Å²) in [7, 11) is 0. The molecule has 0 saturated heterocycles. The molecular formula is C37H39F3N4O4. The van der Waals surface area contributed by atoms with Gasteiger partial charge in [0, 0.05) is 29.8 Å². The van der Waals surface area contributed by atoms with Crippen molar-refractivity contribution in [2.75, 3.05) is 11.4 Å². The highest BCUT2D eigenvalue weighted by Crippen LogP contribution is 2.36. The highest BCUT2D eigenvalue weighted by atomic mass is 19.4. The van der Waals surface area contributed by atoms with E-state index in [0.717, 1.165) is 17.7 Å². The number of nitrogens with zero attached hydrogens (tertiary/aromatic N) is 1. The predicted molar refractivity (Wildman–Crippen MR) is 177 cm³/mol. The van der Waals surface area contributed by atoms with Crippen LogP contribution < -0.4 is 20.9 Å². The summed E-state index contributed by atoms with van der Waals surface area (Å²) in [4.78, 5) is 42.0. The highest BCUT2D eigenvalue weighted by Gasteiger charge is 2.36. The lowest BCUT2D eigenvalue weighted by Crippen LogP contribution is -2.50. The molecule has 252 valence electrons. The third-order valence-electron chi connectivity index (χ3n) is 8.31. The predicted octanol–water partition coefficient (Wildman–Crippen LogP) is 6.64. The SMILES string of the molecule is CCNC(=O)c1cc(CN2C(=O)[C@H](NC(=O)CC(C)(C)NCc3ccco3)CCc3cc(C(F)(F)F)ccc32)ccc1-c1ccccc1. The van der Waals surface area contributed by atoms with Crippen LogP contribution in [0.2, 0.25) is 0 Å². The Balaban J connectivity index is 1.44. The average Bonchev–Trinajstić information content (AvgIpc) is 3.54. The number of carbonyl (C=O) groups is 3. The van der Waals surface area contributed by atoms with E-state index in [0.29, 0.717) is 46.8 Å². The second-order valence-electron chi connectivity index (χ2n) is 12.5. The van der Waals surface area contributed by atoms with Crippen LogP contribution in [0.15, 0.2) is 89.5 Å². The van der Waals surface area contributed by atoms with Crippen molar-refractivity contribution >= 4 is 23.4 Å². The molecule has 1 aliphatic rings. The Morgan fingerprint density at radius 2 is 1.75 bits per heavy atom. The highest BCUT2D eigenvalue weighted by molar-refractivity contribution is 6.02. The molecule has 0 radical (unpaired) electrons. The first-order valence-corrected chi connectivity index (χ1v) is 15.9. The Morgan fingerprint density at radius 3 is 2.44 bits per heavy atom. The Morgan fingerprint density at radius 1 is 0.979 bits per heavy atom. The van der Waals surface area contributed by atoms with Crippen LogP contribution in [0.5, 0.6) is 0 Å². The van der Waals surface area contributed by atoms with Crippen molar-refractivity contribution in [3.8, 4) is 11.1 Å². The van der Waals surface area contributed by atoms with Crippen LogP contribution in [-0.2, 0) is 35.3 Å². The lowest BCUT2D eigenvalue weighted by Gasteiger charge is -2.29. The number of furan rings is 1. The van der Waals surface area contributed by atoms with Crippen molar-refractivity contribution in [2.45, 2.75) is 70.9 Å². The molecule has 11 heteroatoms. The van der Waals surface area contributed by atoms with Gasteiger partial charge in [0.25, 0.3) is 5.91 Å². The molecule has 8 nitrogen and oxygen atoms in total. The van der Waals surface area contributed by atoms with E-state index in [1.54, 1.807) is 24.5 Å². The van der Waals surface area contributed by atoms with Crippen molar-refractivity contribution in [3.63, 3.8) is 0 Å². The van der Waals surface area contributed by atoms with E-state index >= 15 is 0 Å². The first-order valence-electron chi connectivity index (χ1n) is 15.9. The number of aryl methyl sites for hydroxylation is 1. The van der Waals surface area contributed by atoms with Crippen LogP contribution in [0, 0.1) is 0 Å². The number of fused-ring (bicyclic) bond motifs is 1. The van der Waals surface area contributed by atoms with Gasteiger partial charge in [-0.1, -0.05) is 42.5 Å². The van der Waals surface area contributed by atoms with Crippen LogP contribution in [0.1, 0.15) is 66.4 Å². The molecule has 4 aromatic rings. The van der Waals surface area contributed by atoms with E-state index in [2.05, 4.69) is 16.0 Å². The minimum atomic E-state index is -4.56. The molecule has 0 fully saturated rings. The maximum Gasteiger partial charge on any atom is 0.416 e. The zero-order valence-electron chi connectivity index (χ0n) is 27.1. The van der Waals surface area contributed by atoms with Gasteiger partial charge in [-0.2, -0.15) is 13.2 Å². The molecule has 1 aromatic heterocycles. The van der Waals surface area contributed by atoms with Gasteiger partial charge in [0.1, 0.15) is 11.8 Å². The molecule has 0 aliphatic carbocycles. The van der Waals surface area contributed by atoms with Crippen LogP contribution in [0.3, 0.4) is 0 Å². The van der Waals surface area contributed by atoms with E-state index in [-0.39, 0.29) is 37.6 Å². The number of hydrogen-bond donors (Lipinski definition) is 3. The average molecular weight is 661 g/mol. The maximum absolute atomic E-state index is 14.2. The number of anilines is 1. The Labute approximate surface area is 277 Å². The largest absolute Gasteiger partial charge is 0.468 e. The number of rotatable bonds is 11. The van der Waals surface area contributed by atoms with Crippen LogP contribution in [0.25, 0.3) is 11.1 Å². The molecule has 0 saturated carbocycles. The van der Waals surface area contributed by atoms with Gasteiger partial charge >= 0.3 is 6.18 Å². The molecule has 3 amide bonds. The van der Waals surface area contributed by atoms with Gasteiger partial charge in [0.05, 0.1) is 24.9 Å². The second-order valence-corrected chi connectivity index (χ2v) is 12.5. The third kappa shape index (κ3) is 8.32. The van der Waals surface area contributed by atoms with Gasteiger partial charge in [0.15, 0.2) is 0 Å². The third-order valence-corrected chi connectivity index (χ3v) is 8.31. The fourth-order valence-electron chi connectivity index (χ4n) is 5.89. The van der Waals surface area contributed by atoms with E-state index < -0.39 is 29.2 Å². The molecule has 1 atom stereocenters. The second kappa shape index (κ2) is 14.5. The summed E-state index contributed by atoms with van der Waals surface area (Å²) in [5.74, 6) is -0.405. The van der Waals surface area contributed by atoms with E-state index in [1.165, 1.54) is 11.0 Å². The Bertz CT molecular complexity index is 1750. The number of benzene rings is 3. The minimum absolute atomic E-state index is 0.0265. The topological polar surface area (TPSA) is 104 Å². The number of amides is 3. The molecule has 0 unspecified atom stereocenters. The summed E-state index contributed by atoms with van der Waals surface area (Å²) in [5, 5.41) is 8.97. The standard InChI is InChI=1S/C37H39F3N4O4/c1-4-41-34(46)30-19-24(12-15-29(30)25-9-6-5-7-10-25)23-44-32-17-14-27(37(38,39)40)20-26(32)13-16-31(35(44)47)43-33(45)21-36(2,3)42-22-28-11-8-18-48-28/h5-12,14-15,17-20,31,42H,4,13,16,21-23H2,1-3H3,(H,41,46)(H,43,45)/t31-/m1/s1. The molecule has 2 heterocycles. The molecule has 48 heavy (non-hydrogen) atoms. The van der Waals surface area contributed by atoms with Crippen molar-refractivity contribution in [1.82, 2.24) is 16.0 Å². The summed E-state index contributed by atoms with van der Waals surface area (Å²) >= 11 is 0. The van der Waals surface area contributed by atoms with Crippen molar-refractivity contribution in [2.24, 2.45) is 0 Å². The minimum Gasteiger partial charge on any atom is -0.468 e. The fraction of sp³-hybridized carbons (Fsp3) is 0.324. The van der Waals surface area contributed by atoms with Crippen LogP contribution in [-0.4, -0.2) is 35.8 Å². The lowest BCUT2D eigenvalue weighted by molar-refractivity contribution is -0.137. The Kier molecular flexibility index (Phi) is 10.4. The number of alkyl halides is 3. The zero-order chi connectivity index (χ0) is 34.5. The number of carbonyl (C=O) groups excluding carboxylic acids is 3. The Hall–Kier alpha value is -4.90. The monoisotopic (exact) mass is 660 g/mol. The smallest absolute Gasteiger partial charge is 0.416 e. The summed E-state index contributed by atoms with van der Waals surface area (Å²) in [5.41, 5.74) is 1.77. The van der Waals surface area contributed by atoms with Gasteiger partial charge in [-0.15, -0.1) is 0 Å². The van der Waals surface area contributed by atoms with Gasteiger partial charge in [-0.05, 0) is 92.3 Å². The van der Waals surface area contributed by atoms with E-state index in [4.69, 9.17) is 4.42 Å². The number of hydrogen-bond acceptors (Lipinski definition) is 5. The van der Waals surface area contributed by atoms with Gasteiger partial charge in [-0.3, -0.25) is 14.4 Å². The summed E-state index contributed by atoms with van der Waals surface area (Å²) < 4.78 is 46.5. The normalized spacial score (nSPS) is 15.1. The van der Waals surface area contributed by atoms with E-state index in [1.807, 2.05) is 63.2 Å². The van der Waals surface area contributed by atoms with Gasteiger partial charge in [-0.25, -0.2) is 0 Å². The van der Waals surface area contributed by atoms with Gasteiger partial charge in [0.2, 0.25) is 11.8 Å². The van der Waals surface area contributed by atoms with Gasteiger partial charge < -0.3 is 25.3 Å². The molecule has 1 aliphatic heterocycles. The zero-order valence-corrected chi connectivity index (χ0v) is 27.1. The summed E-state index contributed by atoms with van der Waals surface area (Å²) in [6.45, 7) is 6.32. The van der Waals surface area contributed by atoms with Crippen molar-refractivity contribution in [3.05, 3.63) is 113 Å². The van der Waals surface area contributed by atoms with Crippen LogP contribution in [0.4, 0.5) is 18.9 Å². The number of halogens is 3. The maximum atomic E-state index is 14.2. The first-order chi connectivity index (χ1) is 22.8. The lowest BCUT2D eigenvalue weighted by atomic mass is 9.96.